The summed E-state index contributed by atoms with van der Waals surface area (Å²) in [5.41, 5.74) is 1.69. The van der Waals surface area contributed by atoms with E-state index in [1.807, 2.05) is 49.5 Å². The van der Waals surface area contributed by atoms with E-state index in [0.29, 0.717) is 15.9 Å². The van der Waals surface area contributed by atoms with Gasteiger partial charge >= 0.3 is 0 Å². The Bertz CT molecular complexity index is 1370. The fraction of sp³-hybridized carbons (Fsp3) is 0.385. The number of benzene rings is 2. The molecule has 3 aliphatic carbocycles. The van der Waals surface area contributed by atoms with Crippen molar-refractivity contribution >= 4 is 23.2 Å². The first kappa shape index (κ1) is 22.6. The van der Waals surface area contributed by atoms with Crippen molar-refractivity contribution in [1.82, 2.24) is 24.9 Å². The van der Waals surface area contributed by atoms with Gasteiger partial charge < -0.3 is 13.8 Å². The zero-order valence-corrected chi connectivity index (χ0v) is 21.1. The SMILES string of the molecule is COc1ccc(-c2nnc(C34CCC(c5nc(-c6ccc(Cl)cc6)no5)(CC3)CC4)n2C)c(Cl)c1. The van der Waals surface area contributed by atoms with Gasteiger partial charge in [0.25, 0.3) is 0 Å². The van der Waals surface area contributed by atoms with Crippen molar-refractivity contribution < 1.29 is 9.26 Å². The van der Waals surface area contributed by atoms with Gasteiger partial charge in [-0.2, -0.15) is 4.98 Å². The van der Waals surface area contributed by atoms with Gasteiger partial charge in [0.1, 0.15) is 11.6 Å². The highest BCUT2D eigenvalue weighted by atomic mass is 35.5. The average molecular weight is 510 g/mol. The number of methoxy groups -OCH3 is 1. The summed E-state index contributed by atoms with van der Waals surface area (Å²) in [6.45, 7) is 0. The minimum absolute atomic E-state index is 0.000271. The highest BCUT2D eigenvalue weighted by Gasteiger charge is 2.54. The molecule has 0 N–H and O–H groups in total. The third-order valence-corrected chi connectivity index (χ3v) is 8.56. The minimum atomic E-state index is -0.0693. The van der Waals surface area contributed by atoms with Crippen LogP contribution in [0.5, 0.6) is 5.75 Å². The lowest BCUT2D eigenvalue weighted by atomic mass is 9.53. The molecule has 7 nitrogen and oxygen atoms in total. The van der Waals surface area contributed by atoms with Crippen molar-refractivity contribution in [2.45, 2.75) is 49.4 Å². The zero-order valence-electron chi connectivity index (χ0n) is 19.6. The molecule has 0 amide bonds. The van der Waals surface area contributed by atoms with Crippen LogP contribution in [0.2, 0.25) is 10.0 Å². The van der Waals surface area contributed by atoms with E-state index in [0.717, 1.165) is 72.9 Å². The lowest BCUT2D eigenvalue weighted by Gasteiger charge is -2.51. The predicted octanol–water partition coefficient (Wildman–Crippen LogP) is 6.39. The maximum absolute atomic E-state index is 6.54. The maximum atomic E-state index is 6.54. The number of halogens is 2. The quantitative estimate of drug-likeness (QED) is 0.310. The van der Waals surface area contributed by atoms with E-state index in [1.165, 1.54) is 0 Å². The van der Waals surface area contributed by atoms with Crippen molar-refractivity contribution in [3.63, 3.8) is 0 Å². The molecular formula is C26H25Cl2N5O2. The Balaban J connectivity index is 1.25. The van der Waals surface area contributed by atoms with Gasteiger partial charge in [0.2, 0.25) is 11.7 Å². The van der Waals surface area contributed by atoms with Crippen LogP contribution in [0.4, 0.5) is 0 Å². The zero-order chi connectivity index (χ0) is 24.2. The van der Waals surface area contributed by atoms with Crippen LogP contribution < -0.4 is 4.74 Å². The van der Waals surface area contributed by atoms with Crippen molar-refractivity contribution in [2.75, 3.05) is 7.11 Å². The van der Waals surface area contributed by atoms with E-state index >= 15 is 0 Å². The van der Waals surface area contributed by atoms with Crippen molar-refractivity contribution in [3.05, 3.63) is 64.2 Å². The number of fused-ring (bicyclic) bond motifs is 3. The summed E-state index contributed by atoms with van der Waals surface area (Å²) < 4.78 is 13.2. The number of nitrogens with zero attached hydrogens (tertiary/aromatic N) is 5. The van der Waals surface area contributed by atoms with Crippen molar-refractivity contribution in [1.29, 1.82) is 0 Å². The topological polar surface area (TPSA) is 78.9 Å². The summed E-state index contributed by atoms with van der Waals surface area (Å²) in [5.74, 6) is 3.88. The molecule has 2 heterocycles. The Morgan fingerprint density at radius 2 is 1.60 bits per heavy atom. The molecule has 2 aromatic heterocycles. The second kappa shape index (κ2) is 8.35. The fourth-order valence-electron chi connectivity index (χ4n) is 5.83. The molecule has 0 saturated heterocycles. The third kappa shape index (κ3) is 3.64. The molecular weight excluding hydrogens is 485 g/mol. The number of aromatic nitrogens is 5. The Kier molecular flexibility index (Phi) is 5.38. The molecule has 2 aromatic carbocycles. The Labute approximate surface area is 213 Å². The number of rotatable bonds is 5. The summed E-state index contributed by atoms with van der Waals surface area (Å²) in [6.07, 6.45) is 5.98. The van der Waals surface area contributed by atoms with Crippen LogP contribution in [0.15, 0.2) is 47.0 Å². The van der Waals surface area contributed by atoms with Crippen molar-refractivity contribution in [3.8, 4) is 28.5 Å². The fourth-order valence-corrected chi connectivity index (χ4v) is 6.21. The molecule has 0 aliphatic heterocycles. The molecule has 7 rings (SSSR count). The standard InChI is InChI=1S/C26H25Cl2N5O2/c1-33-22(19-8-7-18(34-2)15-20(19)28)30-31-23(33)25-9-12-26(13-10-25,14-11-25)24-29-21(32-35-24)16-3-5-17(27)6-4-16/h3-8,15H,9-14H2,1-2H3. The van der Waals surface area contributed by atoms with Gasteiger partial charge in [-0.15, -0.1) is 10.2 Å². The van der Waals surface area contributed by atoms with Gasteiger partial charge in [0, 0.05) is 34.0 Å². The van der Waals surface area contributed by atoms with E-state index in [4.69, 9.17) is 37.4 Å². The van der Waals surface area contributed by atoms with Crippen molar-refractivity contribution in [2.24, 2.45) is 7.05 Å². The molecule has 35 heavy (non-hydrogen) atoms. The maximum Gasteiger partial charge on any atom is 0.233 e. The summed E-state index contributed by atoms with van der Waals surface area (Å²) >= 11 is 12.6. The second-order valence-electron chi connectivity index (χ2n) is 9.74. The number of hydrogen-bond acceptors (Lipinski definition) is 6. The lowest BCUT2D eigenvalue weighted by Crippen LogP contribution is -2.47. The van der Waals surface area contributed by atoms with E-state index in [1.54, 1.807) is 7.11 Å². The smallest absolute Gasteiger partial charge is 0.233 e. The van der Waals surface area contributed by atoms with Crippen LogP contribution in [0, 0.1) is 0 Å². The van der Waals surface area contributed by atoms with Gasteiger partial charge in [-0.25, -0.2) is 0 Å². The summed E-state index contributed by atoms with van der Waals surface area (Å²) in [5, 5.41) is 14.8. The summed E-state index contributed by atoms with van der Waals surface area (Å²) in [4.78, 5) is 4.80. The van der Waals surface area contributed by atoms with E-state index in [9.17, 15) is 0 Å². The molecule has 180 valence electrons. The van der Waals surface area contributed by atoms with Gasteiger partial charge in [-0.3, -0.25) is 0 Å². The third-order valence-electron chi connectivity index (χ3n) is 7.99. The number of hydrogen-bond donors (Lipinski definition) is 0. The number of ether oxygens (including phenoxy) is 1. The molecule has 0 atom stereocenters. The molecule has 3 fully saturated rings. The first-order valence-corrected chi connectivity index (χ1v) is 12.5. The highest BCUT2D eigenvalue weighted by molar-refractivity contribution is 6.33. The van der Waals surface area contributed by atoms with Crippen LogP contribution in [0.1, 0.15) is 50.2 Å². The molecule has 0 spiro atoms. The second-order valence-corrected chi connectivity index (χ2v) is 10.6. The predicted molar refractivity (Wildman–Crippen MR) is 134 cm³/mol. The van der Waals surface area contributed by atoms with E-state index in [2.05, 4.69) is 19.9 Å². The molecule has 0 radical (unpaired) electrons. The Hall–Kier alpha value is -2.90. The normalized spacial score (nSPS) is 23.5. The first-order valence-electron chi connectivity index (χ1n) is 11.8. The van der Waals surface area contributed by atoms with Gasteiger partial charge in [-0.1, -0.05) is 28.4 Å². The van der Waals surface area contributed by atoms with Crippen LogP contribution >= 0.6 is 23.2 Å². The molecule has 3 saturated carbocycles. The molecule has 3 aliphatic rings. The lowest BCUT2D eigenvalue weighted by molar-refractivity contribution is 0.0689. The van der Waals surface area contributed by atoms with Gasteiger partial charge in [0.05, 0.1) is 12.1 Å². The summed E-state index contributed by atoms with van der Waals surface area (Å²) in [6, 6.07) is 13.2. The van der Waals surface area contributed by atoms with Crippen LogP contribution in [0.25, 0.3) is 22.8 Å². The summed E-state index contributed by atoms with van der Waals surface area (Å²) in [7, 11) is 3.66. The van der Waals surface area contributed by atoms with Gasteiger partial charge in [0.15, 0.2) is 5.82 Å². The largest absolute Gasteiger partial charge is 0.497 e. The monoisotopic (exact) mass is 509 g/mol. The molecule has 0 unspecified atom stereocenters. The minimum Gasteiger partial charge on any atom is -0.497 e. The van der Waals surface area contributed by atoms with Gasteiger partial charge in [-0.05, 0) is 81.0 Å². The van der Waals surface area contributed by atoms with E-state index < -0.39 is 0 Å². The molecule has 4 aromatic rings. The first-order chi connectivity index (χ1) is 16.9. The molecule has 9 heteroatoms. The van der Waals surface area contributed by atoms with E-state index in [-0.39, 0.29) is 10.8 Å². The van der Waals surface area contributed by atoms with Crippen LogP contribution in [0.3, 0.4) is 0 Å². The van der Waals surface area contributed by atoms with Crippen LogP contribution in [-0.2, 0) is 17.9 Å². The Morgan fingerprint density at radius 3 is 2.26 bits per heavy atom. The van der Waals surface area contributed by atoms with Crippen LogP contribution in [-0.4, -0.2) is 32.0 Å². The average Bonchev–Trinajstić information content (AvgIpc) is 3.54. The molecule has 2 bridgehead atoms. The Morgan fingerprint density at radius 1 is 0.914 bits per heavy atom. The highest BCUT2D eigenvalue weighted by Crippen LogP contribution is 2.58.